The average molecular weight is 374 g/mol. The first-order valence-corrected chi connectivity index (χ1v) is 8.24. The van der Waals surface area contributed by atoms with Crippen LogP contribution in [-0.2, 0) is 17.8 Å². The second kappa shape index (κ2) is 7.65. The molecule has 2 aromatic carbocycles. The molecule has 0 saturated carbocycles. The van der Waals surface area contributed by atoms with Gasteiger partial charge in [-0.05, 0) is 17.7 Å². The Balaban J connectivity index is 1.75. The maximum atomic E-state index is 12.6. The lowest BCUT2D eigenvalue weighted by atomic mass is 10.1. The Hall–Kier alpha value is -3.09. The lowest BCUT2D eigenvalue weighted by Gasteiger charge is -2.20. The summed E-state index contributed by atoms with van der Waals surface area (Å²) in [5, 5.41) is 0.925. The second-order valence-electron chi connectivity index (χ2n) is 6.07. The Morgan fingerprint density at radius 3 is 2.52 bits per heavy atom. The maximum Gasteiger partial charge on any atom is 0.573 e. The van der Waals surface area contributed by atoms with Crippen molar-refractivity contribution in [1.29, 1.82) is 0 Å². The maximum absolute atomic E-state index is 12.6. The van der Waals surface area contributed by atoms with Crippen molar-refractivity contribution < 1.29 is 22.7 Å². The fraction of sp³-hybridized carbons (Fsp3) is 0.200. The molecule has 0 N–H and O–H groups in total. The molecule has 4 nitrogen and oxygen atoms in total. The summed E-state index contributed by atoms with van der Waals surface area (Å²) in [7, 11) is 1.55. The van der Waals surface area contributed by atoms with Crippen molar-refractivity contribution >= 4 is 16.8 Å². The molecule has 1 aromatic heterocycles. The van der Waals surface area contributed by atoms with E-state index in [1.54, 1.807) is 19.3 Å². The first-order chi connectivity index (χ1) is 12.8. The lowest BCUT2D eigenvalue weighted by molar-refractivity contribution is -0.275. The molecule has 0 spiro atoms. The smallest absolute Gasteiger partial charge is 0.405 e. The van der Waals surface area contributed by atoms with E-state index in [0.717, 1.165) is 16.5 Å². The highest BCUT2D eigenvalue weighted by molar-refractivity contribution is 5.87. The Labute approximate surface area is 154 Å². The summed E-state index contributed by atoms with van der Waals surface area (Å²) in [6.45, 7) is 0.00326. The van der Waals surface area contributed by atoms with Crippen molar-refractivity contribution in [2.75, 3.05) is 7.05 Å². The largest absolute Gasteiger partial charge is 0.573 e. The van der Waals surface area contributed by atoms with Crippen molar-refractivity contribution in [2.24, 2.45) is 0 Å². The number of fused-ring (bicyclic) bond motifs is 1. The minimum absolute atomic E-state index is 0.00326. The van der Waals surface area contributed by atoms with Crippen LogP contribution in [0.3, 0.4) is 0 Å². The van der Waals surface area contributed by atoms with E-state index in [9.17, 15) is 18.0 Å². The third-order valence-corrected chi connectivity index (χ3v) is 4.09. The predicted molar refractivity (Wildman–Crippen MR) is 95.0 cm³/mol. The van der Waals surface area contributed by atoms with Crippen molar-refractivity contribution in [2.45, 2.75) is 19.3 Å². The van der Waals surface area contributed by atoms with Crippen LogP contribution in [0, 0.1) is 0 Å². The monoisotopic (exact) mass is 374 g/mol. The van der Waals surface area contributed by atoms with Crippen LogP contribution in [0.15, 0.2) is 60.8 Å². The van der Waals surface area contributed by atoms with Crippen LogP contribution in [0.4, 0.5) is 13.2 Å². The number of alkyl halides is 3. The van der Waals surface area contributed by atoms with E-state index in [0.29, 0.717) is 0 Å². The molecule has 0 aliphatic heterocycles. The third-order valence-electron chi connectivity index (χ3n) is 4.09. The number of para-hydroxylation sites is 2. The summed E-state index contributed by atoms with van der Waals surface area (Å²) in [5.41, 5.74) is 1.79. The number of rotatable bonds is 5. The van der Waals surface area contributed by atoms with E-state index in [4.69, 9.17) is 0 Å². The van der Waals surface area contributed by atoms with Gasteiger partial charge in [0.15, 0.2) is 0 Å². The van der Waals surface area contributed by atoms with Gasteiger partial charge in [-0.1, -0.05) is 42.5 Å². The topological polar surface area (TPSA) is 42.4 Å². The number of hydrogen-bond donors (Lipinski definition) is 0. The molecular weight excluding hydrogens is 357 g/mol. The number of carbonyl (C=O) groups excluding carboxylic acids is 1. The van der Waals surface area contributed by atoms with Gasteiger partial charge in [-0.25, -0.2) is 0 Å². The molecule has 0 atom stereocenters. The molecule has 27 heavy (non-hydrogen) atoms. The number of halogens is 3. The molecule has 7 heteroatoms. The standard InChI is InChI=1S/C20H17F3N2O2/c1-25(13-16-6-2-3-10-17(16)27-20(21,22)23)18(26)12-15-8-4-7-14-9-5-11-24-19(14)15/h2-11H,12-13H2,1H3. The van der Waals surface area contributed by atoms with E-state index in [-0.39, 0.29) is 30.2 Å². The lowest BCUT2D eigenvalue weighted by Crippen LogP contribution is -2.28. The quantitative estimate of drug-likeness (QED) is 0.667. The van der Waals surface area contributed by atoms with E-state index in [1.165, 1.54) is 23.1 Å². The summed E-state index contributed by atoms with van der Waals surface area (Å²) < 4.78 is 41.7. The van der Waals surface area contributed by atoms with Gasteiger partial charge in [0.25, 0.3) is 0 Å². The average Bonchev–Trinajstić information content (AvgIpc) is 2.62. The number of pyridine rings is 1. The summed E-state index contributed by atoms with van der Waals surface area (Å²) in [6.07, 6.45) is -3.02. The van der Waals surface area contributed by atoms with Crippen LogP contribution in [0.2, 0.25) is 0 Å². The number of carbonyl (C=O) groups is 1. The van der Waals surface area contributed by atoms with Crippen molar-refractivity contribution in [3.05, 3.63) is 71.9 Å². The summed E-state index contributed by atoms with van der Waals surface area (Å²) in [5.74, 6) is -0.536. The van der Waals surface area contributed by atoms with Crippen LogP contribution in [0.25, 0.3) is 10.9 Å². The molecule has 0 saturated heterocycles. The van der Waals surface area contributed by atoms with E-state index in [2.05, 4.69) is 9.72 Å². The van der Waals surface area contributed by atoms with Gasteiger partial charge in [0, 0.05) is 30.7 Å². The summed E-state index contributed by atoms with van der Waals surface area (Å²) in [6, 6.07) is 15.1. The number of amides is 1. The number of benzene rings is 2. The Bertz CT molecular complexity index is 952. The molecular formula is C20H17F3N2O2. The van der Waals surface area contributed by atoms with Crippen molar-refractivity contribution in [1.82, 2.24) is 9.88 Å². The minimum atomic E-state index is -4.78. The van der Waals surface area contributed by atoms with E-state index < -0.39 is 6.36 Å². The number of aromatic nitrogens is 1. The van der Waals surface area contributed by atoms with Gasteiger partial charge < -0.3 is 9.64 Å². The normalized spacial score (nSPS) is 11.4. The van der Waals surface area contributed by atoms with Crippen LogP contribution in [-0.4, -0.2) is 29.2 Å². The molecule has 3 aromatic rings. The fourth-order valence-electron chi connectivity index (χ4n) is 2.81. The molecule has 1 amide bonds. The van der Waals surface area contributed by atoms with Gasteiger partial charge in [-0.15, -0.1) is 13.2 Å². The number of nitrogens with zero attached hydrogens (tertiary/aromatic N) is 2. The highest BCUT2D eigenvalue weighted by atomic mass is 19.4. The first kappa shape index (κ1) is 18.7. The summed E-state index contributed by atoms with van der Waals surface area (Å²) in [4.78, 5) is 18.3. The summed E-state index contributed by atoms with van der Waals surface area (Å²) >= 11 is 0. The number of likely N-dealkylation sites (N-methyl/N-ethyl adjacent to an activating group) is 1. The molecule has 0 radical (unpaired) electrons. The molecule has 3 rings (SSSR count). The predicted octanol–water partition coefficient (Wildman–Crippen LogP) is 4.33. The van der Waals surface area contributed by atoms with Gasteiger partial charge >= 0.3 is 6.36 Å². The van der Waals surface area contributed by atoms with Gasteiger partial charge in [-0.3, -0.25) is 9.78 Å². The molecule has 0 fully saturated rings. The van der Waals surface area contributed by atoms with Gasteiger partial charge in [0.1, 0.15) is 5.75 Å². The molecule has 0 aliphatic carbocycles. The highest BCUT2D eigenvalue weighted by Crippen LogP contribution is 2.27. The van der Waals surface area contributed by atoms with Crippen molar-refractivity contribution in [3.8, 4) is 5.75 Å². The van der Waals surface area contributed by atoms with Crippen molar-refractivity contribution in [3.63, 3.8) is 0 Å². The van der Waals surface area contributed by atoms with E-state index >= 15 is 0 Å². The van der Waals surface area contributed by atoms with E-state index in [1.807, 2.05) is 30.3 Å². The minimum Gasteiger partial charge on any atom is -0.405 e. The molecule has 0 unspecified atom stereocenters. The fourth-order valence-corrected chi connectivity index (χ4v) is 2.81. The van der Waals surface area contributed by atoms with Crippen LogP contribution in [0.5, 0.6) is 5.75 Å². The number of hydrogen-bond acceptors (Lipinski definition) is 3. The zero-order valence-corrected chi connectivity index (χ0v) is 14.5. The van der Waals surface area contributed by atoms with Crippen LogP contribution >= 0.6 is 0 Å². The zero-order valence-electron chi connectivity index (χ0n) is 14.5. The molecule has 0 bridgehead atoms. The molecule has 140 valence electrons. The van der Waals surface area contributed by atoms with Crippen LogP contribution < -0.4 is 4.74 Å². The number of ether oxygens (including phenoxy) is 1. The zero-order chi connectivity index (χ0) is 19.4. The Morgan fingerprint density at radius 2 is 1.74 bits per heavy atom. The first-order valence-electron chi connectivity index (χ1n) is 8.24. The highest BCUT2D eigenvalue weighted by Gasteiger charge is 2.32. The third kappa shape index (κ3) is 4.75. The second-order valence-corrected chi connectivity index (χ2v) is 6.07. The van der Waals surface area contributed by atoms with Gasteiger partial charge in [0.2, 0.25) is 5.91 Å². The Morgan fingerprint density at radius 1 is 1.04 bits per heavy atom. The van der Waals surface area contributed by atoms with Crippen LogP contribution in [0.1, 0.15) is 11.1 Å². The Kier molecular flexibility index (Phi) is 5.30. The molecule has 1 heterocycles. The molecule has 0 aliphatic rings. The van der Waals surface area contributed by atoms with Gasteiger partial charge in [-0.2, -0.15) is 0 Å². The SMILES string of the molecule is CN(Cc1ccccc1OC(F)(F)F)C(=O)Cc1cccc2cccnc12. The van der Waals surface area contributed by atoms with Gasteiger partial charge in [0.05, 0.1) is 11.9 Å².